The summed E-state index contributed by atoms with van der Waals surface area (Å²) in [4.78, 5) is 9.98. The van der Waals surface area contributed by atoms with Gasteiger partial charge in [-0.3, -0.25) is 10.1 Å². The van der Waals surface area contributed by atoms with Gasteiger partial charge in [0.1, 0.15) is 5.75 Å². The average molecular weight is 272 g/mol. The van der Waals surface area contributed by atoms with E-state index in [1.165, 1.54) is 43.3 Å². The molecule has 7 nitrogen and oxygen atoms in total. The van der Waals surface area contributed by atoms with E-state index in [1.807, 2.05) is 0 Å². The molecule has 0 radical (unpaired) electrons. The number of phenolic OH excluding ortho intramolecular Hbond substituents is 1. The Morgan fingerprint density at radius 1 is 1.10 bits per heavy atom. The summed E-state index contributed by atoms with van der Waals surface area (Å²) in [6.45, 7) is 1.49. The summed E-state index contributed by atoms with van der Waals surface area (Å²) in [5.74, 6) is -0.500. The number of nitro groups is 1. The molecular weight excluding hydrogens is 262 g/mol. The molecule has 0 amide bonds. The van der Waals surface area contributed by atoms with Crippen LogP contribution in [0.15, 0.2) is 46.6 Å². The van der Waals surface area contributed by atoms with E-state index in [-0.39, 0.29) is 22.7 Å². The molecule has 0 saturated carbocycles. The van der Waals surface area contributed by atoms with E-state index in [1.54, 1.807) is 0 Å². The second-order valence-corrected chi connectivity index (χ2v) is 4.03. The number of nitrogens with zero attached hydrogens (tertiary/aromatic N) is 3. The van der Waals surface area contributed by atoms with Gasteiger partial charge in [-0.05, 0) is 36.8 Å². The molecule has 0 aliphatic rings. The summed E-state index contributed by atoms with van der Waals surface area (Å²) in [7, 11) is 0. The van der Waals surface area contributed by atoms with Crippen LogP contribution in [0.4, 0.5) is 17.1 Å². The smallest absolute Gasteiger partial charge is 0.269 e. The van der Waals surface area contributed by atoms with Gasteiger partial charge in [0.15, 0.2) is 0 Å². The molecule has 20 heavy (non-hydrogen) atoms. The molecule has 0 atom stereocenters. The Morgan fingerprint density at radius 3 is 2.35 bits per heavy atom. The number of non-ortho nitro benzene ring substituents is 1. The van der Waals surface area contributed by atoms with E-state index in [9.17, 15) is 20.3 Å². The van der Waals surface area contributed by atoms with Crippen LogP contribution in [0.2, 0.25) is 0 Å². The highest BCUT2D eigenvalue weighted by Gasteiger charge is 2.04. The van der Waals surface area contributed by atoms with Gasteiger partial charge in [-0.25, -0.2) is 0 Å². The first-order chi connectivity index (χ1) is 9.49. The zero-order valence-electron chi connectivity index (χ0n) is 10.5. The maximum absolute atomic E-state index is 11.8. The lowest BCUT2D eigenvalue weighted by atomic mass is 10.2. The maximum atomic E-state index is 11.8. The normalized spacial score (nSPS) is 10.8. The molecule has 0 bridgehead atoms. The van der Waals surface area contributed by atoms with Crippen molar-refractivity contribution in [2.45, 2.75) is 6.92 Å². The fourth-order valence-corrected chi connectivity index (χ4v) is 1.50. The Labute approximate surface area is 114 Å². The molecule has 2 aromatic rings. The van der Waals surface area contributed by atoms with Gasteiger partial charge < -0.3 is 10.2 Å². The highest BCUT2D eigenvalue weighted by atomic mass is 16.6. The van der Waals surface area contributed by atoms with Crippen LogP contribution in [0, 0.1) is 17.0 Å². The largest absolute Gasteiger partial charge is 0.871 e. The first-order valence-electron chi connectivity index (χ1n) is 5.65. The van der Waals surface area contributed by atoms with Crippen molar-refractivity contribution in [2.75, 3.05) is 0 Å². The van der Waals surface area contributed by atoms with Crippen LogP contribution in [0.1, 0.15) is 5.56 Å². The summed E-state index contributed by atoms with van der Waals surface area (Å²) in [5, 5.41) is 39.2. The summed E-state index contributed by atoms with van der Waals surface area (Å²) in [5.41, 5.74) is 0.637. The number of benzene rings is 2. The van der Waals surface area contributed by atoms with Gasteiger partial charge in [-0.15, -0.1) is 0 Å². The first-order valence-corrected chi connectivity index (χ1v) is 5.65. The lowest BCUT2D eigenvalue weighted by molar-refractivity contribution is -0.384. The molecule has 0 fully saturated rings. The molecule has 1 N–H and O–H groups in total. The maximum Gasteiger partial charge on any atom is 0.269 e. The van der Waals surface area contributed by atoms with Crippen molar-refractivity contribution < 1.29 is 15.1 Å². The van der Waals surface area contributed by atoms with Crippen LogP contribution in [-0.2, 0) is 0 Å². The van der Waals surface area contributed by atoms with Crippen molar-refractivity contribution >= 4 is 17.1 Å². The fourth-order valence-electron chi connectivity index (χ4n) is 1.50. The van der Waals surface area contributed by atoms with Crippen molar-refractivity contribution in [3.8, 4) is 11.5 Å². The van der Waals surface area contributed by atoms with Gasteiger partial charge in [0.25, 0.3) is 5.69 Å². The molecular formula is C13H10N3O4-. The Kier molecular flexibility index (Phi) is 3.60. The topological polar surface area (TPSA) is 111 Å². The second kappa shape index (κ2) is 5.35. The molecule has 0 spiro atoms. The van der Waals surface area contributed by atoms with Gasteiger partial charge in [0, 0.05) is 12.1 Å². The summed E-state index contributed by atoms with van der Waals surface area (Å²) in [6, 6.07) is 8.18. The van der Waals surface area contributed by atoms with Crippen LogP contribution in [-0.4, -0.2) is 10.0 Å². The van der Waals surface area contributed by atoms with E-state index in [0.717, 1.165) is 0 Å². The van der Waals surface area contributed by atoms with E-state index in [0.29, 0.717) is 5.69 Å². The molecule has 2 aromatic carbocycles. The van der Waals surface area contributed by atoms with E-state index in [4.69, 9.17) is 0 Å². The second-order valence-electron chi connectivity index (χ2n) is 4.03. The van der Waals surface area contributed by atoms with Crippen molar-refractivity contribution in [3.63, 3.8) is 0 Å². The van der Waals surface area contributed by atoms with Crippen LogP contribution < -0.4 is 5.11 Å². The predicted molar refractivity (Wildman–Crippen MR) is 69.6 cm³/mol. The average Bonchev–Trinajstić information content (AvgIpc) is 2.44. The van der Waals surface area contributed by atoms with E-state index < -0.39 is 10.7 Å². The summed E-state index contributed by atoms with van der Waals surface area (Å²) >= 11 is 0. The quantitative estimate of drug-likeness (QED) is 0.525. The Morgan fingerprint density at radius 2 is 1.75 bits per heavy atom. The molecule has 0 unspecified atom stereocenters. The van der Waals surface area contributed by atoms with Gasteiger partial charge in [0.05, 0.1) is 16.3 Å². The van der Waals surface area contributed by atoms with Crippen LogP contribution in [0.5, 0.6) is 11.5 Å². The van der Waals surface area contributed by atoms with Gasteiger partial charge in [-0.1, -0.05) is 5.75 Å². The number of aromatic hydroxyl groups is 1. The molecule has 102 valence electrons. The van der Waals surface area contributed by atoms with Crippen LogP contribution in [0.3, 0.4) is 0 Å². The third-order valence-corrected chi connectivity index (χ3v) is 2.69. The van der Waals surface area contributed by atoms with Crippen molar-refractivity contribution in [1.29, 1.82) is 0 Å². The Balaban J connectivity index is 2.25. The molecule has 0 aliphatic carbocycles. The molecule has 0 aliphatic heterocycles. The van der Waals surface area contributed by atoms with E-state index in [2.05, 4.69) is 10.2 Å². The van der Waals surface area contributed by atoms with Gasteiger partial charge in [-0.2, -0.15) is 10.2 Å². The minimum atomic E-state index is -0.514. The lowest BCUT2D eigenvalue weighted by Gasteiger charge is -2.13. The zero-order chi connectivity index (χ0) is 14.7. The lowest BCUT2D eigenvalue weighted by Crippen LogP contribution is -1.93. The molecule has 0 aromatic heterocycles. The van der Waals surface area contributed by atoms with Crippen molar-refractivity contribution in [2.24, 2.45) is 10.2 Å². The van der Waals surface area contributed by atoms with Gasteiger partial charge in [0.2, 0.25) is 0 Å². The molecule has 0 heterocycles. The Hall–Kier alpha value is -2.96. The third-order valence-electron chi connectivity index (χ3n) is 2.69. The number of nitro benzene ring substituents is 1. The van der Waals surface area contributed by atoms with Gasteiger partial charge >= 0.3 is 0 Å². The zero-order valence-corrected chi connectivity index (χ0v) is 10.5. The highest BCUT2D eigenvalue weighted by Crippen LogP contribution is 2.34. The van der Waals surface area contributed by atoms with Crippen LogP contribution in [0.25, 0.3) is 0 Å². The Bertz CT molecular complexity index is 681. The number of phenols is 1. The number of hydrogen-bond acceptors (Lipinski definition) is 6. The third kappa shape index (κ3) is 2.72. The summed E-state index contributed by atoms with van der Waals surface area (Å²) < 4.78 is 0. The minimum Gasteiger partial charge on any atom is -0.871 e. The first kappa shape index (κ1) is 13.5. The monoisotopic (exact) mass is 272 g/mol. The molecule has 7 heteroatoms. The summed E-state index contributed by atoms with van der Waals surface area (Å²) in [6.07, 6.45) is 0. The van der Waals surface area contributed by atoms with Crippen LogP contribution >= 0.6 is 0 Å². The minimum absolute atomic E-state index is 0.0473. The molecule has 0 saturated heterocycles. The predicted octanol–water partition coefficient (Wildman–Crippen LogP) is 3.10. The SMILES string of the molecule is Cc1c(O)ccc(N=Nc2ccc([N+](=O)[O-])cc2)c1[O-]. The van der Waals surface area contributed by atoms with E-state index >= 15 is 0 Å². The van der Waals surface area contributed by atoms with Crippen molar-refractivity contribution in [3.05, 3.63) is 52.1 Å². The molecule has 2 rings (SSSR count). The fraction of sp³-hybridized carbons (Fsp3) is 0.0769. The van der Waals surface area contributed by atoms with Crippen molar-refractivity contribution in [1.82, 2.24) is 0 Å². The highest BCUT2D eigenvalue weighted by molar-refractivity contribution is 5.58. The number of hydrogen-bond donors (Lipinski definition) is 1. The number of rotatable bonds is 3. The standard InChI is InChI=1S/C13H11N3O4/c1-8-12(17)7-6-11(13(8)18)15-14-9-2-4-10(5-3-9)16(19)20/h2-7,17-18H,1H3/p-1. The number of azo groups is 1.